The molecule has 0 radical (unpaired) electrons. The van der Waals surface area contributed by atoms with Crippen LogP contribution in [0.25, 0.3) is 16.6 Å². The van der Waals surface area contributed by atoms with Crippen molar-refractivity contribution in [3.63, 3.8) is 0 Å². The molecule has 0 aliphatic rings. The number of hydrogen-bond acceptors (Lipinski definition) is 4. The second-order valence-electron chi connectivity index (χ2n) is 9.05. The number of hydrogen-bond donors (Lipinski definition) is 0. The van der Waals surface area contributed by atoms with E-state index in [1.165, 1.54) is 52.7 Å². The third-order valence-corrected chi connectivity index (χ3v) is 7.51. The van der Waals surface area contributed by atoms with Crippen molar-refractivity contribution in [3.05, 3.63) is 123 Å². The number of halogens is 2. The number of para-hydroxylation sites is 1. The number of carbonyl (C=O) groups excluding carboxylic acids is 1. The lowest BCUT2D eigenvalue weighted by atomic mass is 10.1. The van der Waals surface area contributed by atoms with E-state index in [4.69, 9.17) is 0 Å². The number of benzene rings is 3. The molecule has 0 atom stereocenters. The highest BCUT2D eigenvalue weighted by Crippen LogP contribution is 2.24. The van der Waals surface area contributed by atoms with Gasteiger partial charge in [-0.1, -0.05) is 36.0 Å². The van der Waals surface area contributed by atoms with Crippen LogP contribution in [0.1, 0.15) is 27.3 Å². The summed E-state index contributed by atoms with van der Waals surface area (Å²) in [5.41, 5.74) is 4.18. The molecule has 5 rings (SSSR count). The van der Waals surface area contributed by atoms with E-state index in [-0.39, 0.29) is 22.9 Å². The number of aryl methyl sites for hydroxylation is 2. The summed E-state index contributed by atoms with van der Waals surface area (Å²) in [4.78, 5) is 31.3. The first-order valence-electron chi connectivity index (χ1n) is 12.2. The van der Waals surface area contributed by atoms with Gasteiger partial charge in [-0.2, -0.15) is 0 Å². The Morgan fingerprint density at radius 2 is 1.58 bits per heavy atom. The number of fused-ring (bicyclic) bond motifs is 1. The molecule has 0 N–H and O–H groups in total. The smallest absolute Gasteiger partial charge is 0.266 e. The van der Waals surface area contributed by atoms with Gasteiger partial charge in [0.25, 0.3) is 5.56 Å². The summed E-state index contributed by atoms with van der Waals surface area (Å²) < 4.78 is 30.3. The second kappa shape index (κ2) is 10.8. The van der Waals surface area contributed by atoms with Gasteiger partial charge in [0, 0.05) is 23.5 Å². The zero-order valence-electron chi connectivity index (χ0n) is 20.9. The zero-order valence-corrected chi connectivity index (χ0v) is 21.8. The fourth-order valence-corrected chi connectivity index (χ4v) is 5.45. The molecule has 8 heteroatoms. The number of Topliss-reactive ketones (excluding diaryl/α,β-unsaturated/α-hetero) is 1. The van der Waals surface area contributed by atoms with Crippen LogP contribution in [0.15, 0.2) is 88.8 Å². The fraction of sp³-hybridized carbons (Fsp3) is 0.167. The molecule has 2 heterocycles. The molecule has 0 saturated carbocycles. The highest BCUT2D eigenvalue weighted by atomic mass is 32.2. The Labute approximate surface area is 222 Å². The minimum Gasteiger partial charge on any atom is -0.348 e. The van der Waals surface area contributed by atoms with Gasteiger partial charge in [0.15, 0.2) is 10.9 Å². The van der Waals surface area contributed by atoms with Gasteiger partial charge >= 0.3 is 0 Å². The quantitative estimate of drug-likeness (QED) is 0.135. The molecule has 5 aromatic rings. The number of aromatic nitrogens is 3. The van der Waals surface area contributed by atoms with Gasteiger partial charge in [-0.15, -0.1) is 0 Å². The minimum absolute atomic E-state index is 0.0776. The summed E-state index contributed by atoms with van der Waals surface area (Å²) >= 11 is 1.18. The molecule has 0 unspecified atom stereocenters. The van der Waals surface area contributed by atoms with Crippen molar-refractivity contribution in [2.45, 2.75) is 32.0 Å². The van der Waals surface area contributed by atoms with E-state index in [0.717, 1.165) is 17.0 Å². The van der Waals surface area contributed by atoms with Gasteiger partial charge in [0.05, 0.1) is 22.3 Å². The molecule has 0 aliphatic heterocycles. The van der Waals surface area contributed by atoms with Crippen LogP contribution in [-0.4, -0.2) is 25.7 Å². The number of ketones is 1. The molecule has 0 bridgehead atoms. The average molecular weight is 530 g/mol. The first-order chi connectivity index (χ1) is 18.3. The first-order valence-corrected chi connectivity index (χ1v) is 13.2. The van der Waals surface area contributed by atoms with Gasteiger partial charge in [-0.25, -0.2) is 13.8 Å². The van der Waals surface area contributed by atoms with Crippen molar-refractivity contribution in [3.8, 4) is 5.69 Å². The molecular weight excluding hydrogens is 504 g/mol. The number of rotatable bonds is 8. The summed E-state index contributed by atoms with van der Waals surface area (Å²) in [7, 11) is 0. The molecular formula is C30H25F2N3O2S. The predicted molar refractivity (Wildman–Crippen MR) is 146 cm³/mol. The van der Waals surface area contributed by atoms with E-state index in [9.17, 15) is 18.4 Å². The van der Waals surface area contributed by atoms with Gasteiger partial charge in [0.2, 0.25) is 0 Å². The van der Waals surface area contributed by atoms with Crippen LogP contribution in [0.2, 0.25) is 0 Å². The lowest BCUT2D eigenvalue weighted by Crippen LogP contribution is -2.22. The summed E-state index contributed by atoms with van der Waals surface area (Å²) in [5.74, 6) is -0.675. The third-order valence-electron chi connectivity index (χ3n) is 6.57. The summed E-state index contributed by atoms with van der Waals surface area (Å²) in [6.45, 7) is 4.54. The minimum atomic E-state index is -0.408. The van der Waals surface area contributed by atoms with Gasteiger partial charge in [-0.3, -0.25) is 14.2 Å². The van der Waals surface area contributed by atoms with Crippen LogP contribution in [0.3, 0.4) is 0 Å². The summed E-state index contributed by atoms with van der Waals surface area (Å²) in [5, 5.41) is 0.802. The van der Waals surface area contributed by atoms with E-state index in [0.29, 0.717) is 40.3 Å². The van der Waals surface area contributed by atoms with E-state index in [1.807, 2.05) is 19.9 Å². The van der Waals surface area contributed by atoms with E-state index < -0.39 is 5.82 Å². The second-order valence-corrected chi connectivity index (χ2v) is 10.00. The maximum Gasteiger partial charge on any atom is 0.266 e. The summed E-state index contributed by atoms with van der Waals surface area (Å²) in [6.07, 6.45) is 0.712. The normalized spacial score (nSPS) is 11.3. The molecule has 0 amide bonds. The van der Waals surface area contributed by atoms with Crippen molar-refractivity contribution >= 4 is 28.4 Å². The van der Waals surface area contributed by atoms with Crippen LogP contribution < -0.4 is 5.56 Å². The molecule has 2 aromatic heterocycles. The van der Waals surface area contributed by atoms with Gasteiger partial charge < -0.3 is 4.57 Å². The first kappa shape index (κ1) is 25.6. The Hall–Kier alpha value is -4.04. The van der Waals surface area contributed by atoms with Crippen molar-refractivity contribution in [2.75, 3.05) is 5.75 Å². The topological polar surface area (TPSA) is 56.9 Å². The largest absolute Gasteiger partial charge is 0.348 e. The lowest BCUT2D eigenvalue weighted by molar-refractivity contribution is 0.102. The Bertz CT molecular complexity index is 1690. The standard InChI is InChI=1S/C30H25F2N3O2S/c1-19-17-26(20(2)34(19)16-15-21-7-9-22(31)10-8-21)28(36)18-38-30-33-27-6-4-3-5-25(27)29(37)35(30)24-13-11-23(32)12-14-24/h3-14,17H,15-16,18H2,1-2H3. The molecule has 192 valence electrons. The Balaban J connectivity index is 1.40. The molecule has 3 aromatic carbocycles. The third kappa shape index (κ3) is 5.17. The lowest BCUT2D eigenvalue weighted by Gasteiger charge is -2.13. The van der Waals surface area contributed by atoms with Crippen molar-refractivity contribution in [1.29, 1.82) is 0 Å². The van der Waals surface area contributed by atoms with Gasteiger partial charge in [-0.05, 0) is 80.4 Å². The van der Waals surface area contributed by atoms with Crippen LogP contribution in [-0.2, 0) is 13.0 Å². The molecule has 0 aliphatic carbocycles. The zero-order chi connectivity index (χ0) is 26.8. The fourth-order valence-electron chi connectivity index (χ4n) is 4.55. The molecule has 0 saturated heterocycles. The van der Waals surface area contributed by atoms with E-state index in [2.05, 4.69) is 9.55 Å². The Morgan fingerprint density at radius 1 is 0.921 bits per heavy atom. The van der Waals surface area contributed by atoms with E-state index in [1.54, 1.807) is 36.4 Å². The maximum absolute atomic E-state index is 13.6. The van der Waals surface area contributed by atoms with Crippen LogP contribution in [0.4, 0.5) is 8.78 Å². The van der Waals surface area contributed by atoms with Crippen molar-refractivity contribution in [1.82, 2.24) is 14.1 Å². The Kier molecular flexibility index (Phi) is 7.24. The van der Waals surface area contributed by atoms with E-state index >= 15 is 0 Å². The average Bonchev–Trinajstić information content (AvgIpc) is 3.20. The molecule has 38 heavy (non-hydrogen) atoms. The molecule has 0 spiro atoms. The van der Waals surface area contributed by atoms with Gasteiger partial charge in [0.1, 0.15) is 11.6 Å². The van der Waals surface area contributed by atoms with Crippen LogP contribution >= 0.6 is 11.8 Å². The SMILES string of the molecule is Cc1cc(C(=O)CSc2nc3ccccc3c(=O)n2-c2ccc(F)cc2)c(C)n1CCc1ccc(F)cc1. The molecule has 5 nitrogen and oxygen atoms in total. The van der Waals surface area contributed by atoms with Crippen molar-refractivity contribution < 1.29 is 13.6 Å². The number of carbonyl (C=O) groups is 1. The highest BCUT2D eigenvalue weighted by molar-refractivity contribution is 7.99. The highest BCUT2D eigenvalue weighted by Gasteiger charge is 2.19. The maximum atomic E-state index is 13.6. The van der Waals surface area contributed by atoms with Crippen LogP contribution in [0, 0.1) is 25.5 Å². The monoisotopic (exact) mass is 529 g/mol. The Morgan fingerprint density at radius 3 is 2.29 bits per heavy atom. The van der Waals surface area contributed by atoms with Crippen LogP contribution in [0.5, 0.6) is 0 Å². The van der Waals surface area contributed by atoms with Crippen molar-refractivity contribution in [2.24, 2.45) is 0 Å². The number of thioether (sulfide) groups is 1. The number of nitrogens with zero attached hydrogens (tertiary/aromatic N) is 3. The molecule has 0 fully saturated rings. The summed E-state index contributed by atoms with van der Waals surface area (Å²) in [6, 6.07) is 21.0. The predicted octanol–water partition coefficient (Wildman–Crippen LogP) is 6.30.